The summed E-state index contributed by atoms with van der Waals surface area (Å²) in [6.45, 7) is 29.3. The van der Waals surface area contributed by atoms with Gasteiger partial charge in [0.05, 0.1) is 85.7 Å². The van der Waals surface area contributed by atoms with Crippen molar-refractivity contribution in [3.8, 4) is 0 Å². The molecule has 0 aliphatic carbocycles. The molecule has 5 aromatic rings. The topological polar surface area (TPSA) is 131 Å². The zero-order valence-electron chi connectivity index (χ0n) is 37.8. The monoisotopic (exact) mass is 834 g/mol. The Morgan fingerprint density at radius 1 is 0.458 bits per heavy atom. The number of aryl methyl sites for hydroxylation is 3. The Kier molecular flexibility index (Phi) is 28.6. The van der Waals surface area contributed by atoms with Crippen LogP contribution in [0.2, 0.25) is 0 Å². The lowest BCUT2D eigenvalue weighted by molar-refractivity contribution is 0.0652. The van der Waals surface area contributed by atoms with Crippen molar-refractivity contribution in [3.63, 3.8) is 0 Å². The van der Waals surface area contributed by atoms with E-state index in [-0.39, 0.29) is 24.9 Å². The molecule has 59 heavy (non-hydrogen) atoms. The van der Waals surface area contributed by atoms with Gasteiger partial charge in [0.2, 0.25) is 0 Å². The number of aliphatic hydroxyl groups is 1. The van der Waals surface area contributed by atoms with Crippen LogP contribution in [0.3, 0.4) is 0 Å². The normalized spacial score (nSPS) is 10.7. The second-order valence-electron chi connectivity index (χ2n) is 14.9. The number of thiazole rings is 1. The van der Waals surface area contributed by atoms with E-state index < -0.39 is 0 Å². The van der Waals surface area contributed by atoms with Crippen LogP contribution >= 0.6 is 11.3 Å². The Morgan fingerprint density at radius 3 is 1.31 bits per heavy atom. The number of ether oxygens (including phenoxy) is 5. The molecular formula is C47H71N5O6S. The molecule has 0 aliphatic heterocycles. The summed E-state index contributed by atoms with van der Waals surface area (Å²) in [5, 5.41) is 9.86. The quantitative estimate of drug-likeness (QED) is 0.102. The molecule has 0 atom stereocenters. The maximum Gasteiger partial charge on any atom is 0.125 e. The van der Waals surface area contributed by atoms with Crippen molar-refractivity contribution in [1.82, 2.24) is 24.9 Å². The molecule has 0 radical (unpaired) electrons. The summed E-state index contributed by atoms with van der Waals surface area (Å²) in [6, 6.07) is 18.0. The second-order valence-corrected chi connectivity index (χ2v) is 16.2. The number of benzene rings is 1. The molecule has 1 aromatic carbocycles. The first-order valence-corrected chi connectivity index (χ1v) is 21.1. The van der Waals surface area contributed by atoms with Gasteiger partial charge in [-0.05, 0) is 119 Å². The number of rotatable bonds is 16. The lowest BCUT2D eigenvalue weighted by atomic mass is 10.2. The van der Waals surface area contributed by atoms with Crippen LogP contribution in [0.5, 0.6) is 0 Å². The molecule has 0 amide bonds. The van der Waals surface area contributed by atoms with E-state index in [0.717, 1.165) is 39.8 Å². The molecule has 1 N–H and O–H groups in total. The highest BCUT2D eigenvalue weighted by Gasteiger charge is 2.01. The fraction of sp³-hybridized carbons (Fsp3) is 0.511. The Balaban J connectivity index is 0.000000369. The first kappa shape index (κ1) is 53.0. The second kappa shape index (κ2) is 31.9. The molecule has 0 spiro atoms. The Hall–Kier alpha value is -4.01. The Bertz CT molecular complexity index is 1660. The van der Waals surface area contributed by atoms with Gasteiger partial charge in [-0.15, -0.1) is 11.3 Å². The van der Waals surface area contributed by atoms with Crippen LogP contribution < -0.4 is 0 Å². The summed E-state index contributed by atoms with van der Waals surface area (Å²) in [7, 11) is 0. The van der Waals surface area contributed by atoms with Gasteiger partial charge in [0.25, 0.3) is 0 Å². The standard InChI is InChI=1S/C10H15NO2.C10H15NO.C10H14O.C9H14N2O.C8H13NOS/c1-8(2)13-7-9-3-4-10(6-12)11-5-9;1-8(2)12-7-10-5-4-9(3)11-6-10;1-9(2)11-8-10-6-4-3-5-7-10;1-7(2)12-6-9-4-10-8(3)11-5-9;1-6(2)10-5-8-4-9-7(3)11-8/h3-5,8,12H,6-7H2,1-2H3;4-6,8H,7H2,1-3H3;3-7,9H,8H2,1-2H3;4-5,7H,6H2,1-3H3;4,6H,5H2,1-3H3. The van der Waals surface area contributed by atoms with Crippen LogP contribution in [0.4, 0.5) is 0 Å². The van der Waals surface area contributed by atoms with Crippen molar-refractivity contribution in [3.05, 3.63) is 135 Å². The predicted octanol–water partition coefficient (Wildman–Crippen LogP) is 10.5. The fourth-order valence-corrected chi connectivity index (χ4v) is 4.78. The number of aromatic nitrogens is 5. The van der Waals surface area contributed by atoms with Gasteiger partial charge in [-0.2, -0.15) is 0 Å². The van der Waals surface area contributed by atoms with E-state index in [0.29, 0.717) is 44.3 Å². The lowest BCUT2D eigenvalue weighted by Crippen LogP contribution is -2.03. The molecule has 0 saturated carbocycles. The molecule has 0 aliphatic rings. The first-order chi connectivity index (χ1) is 28.1. The van der Waals surface area contributed by atoms with E-state index in [1.54, 1.807) is 36.0 Å². The van der Waals surface area contributed by atoms with Crippen LogP contribution in [0, 0.1) is 20.8 Å². The number of pyridine rings is 2. The van der Waals surface area contributed by atoms with Gasteiger partial charge < -0.3 is 28.8 Å². The predicted molar refractivity (Wildman–Crippen MR) is 239 cm³/mol. The SMILES string of the molecule is CC(C)OCc1ccc(CO)nc1.CC(C)OCc1ccccc1.Cc1ccc(COC(C)C)cn1.Cc1ncc(COC(C)C)cn1.Cc1ncc(COC(C)C)s1. The molecule has 4 heterocycles. The summed E-state index contributed by atoms with van der Waals surface area (Å²) in [6.07, 6.45) is 10.5. The van der Waals surface area contributed by atoms with Crippen molar-refractivity contribution < 1.29 is 28.8 Å². The first-order valence-electron chi connectivity index (χ1n) is 20.3. The van der Waals surface area contributed by atoms with Crippen LogP contribution in [0.15, 0.2) is 85.6 Å². The zero-order valence-corrected chi connectivity index (χ0v) is 38.7. The maximum absolute atomic E-state index is 8.75. The minimum atomic E-state index is -0.00861. The average Bonchev–Trinajstić information content (AvgIpc) is 3.64. The van der Waals surface area contributed by atoms with Gasteiger partial charge in [-0.3, -0.25) is 9.97 Å². The molecule has 12 heteroatoms. The smallest absolute Gasteiger partial charge is 0.125 e. The van der Waals surface area contributed by atoms with Gasteiger partial charge in [-0.1, -0.05) is 42.5 Å². The van der Waals surface area contributed by atoms with Crippen molar-refractivity contribution in [2.45, 2.75) is 160 Å². The van der Waals surface area contributed by atoms with Gasteiger partial charge in [0.1, 0.15) is 5.82 Å². The third-order valence-corrected chi connectivity index (χ3v) is 8.15. The van der Waals surface area contributed by atoms with Gasteiger partial charge >= 0.3 is 0 Å². The molecule has 0 unspecified atom stereocenters. The maximum atomic E-state index is 8.75. The molecule has 0 bridgehead atoms. The van der Waals surface area contributed by atoms with Crippen molar-refractivity contribution in [2.75, 3.05) is 0 Å². The number of hydrogen-bond acceptors (Lipinski definition) is 12. The molecule has 326 valence electrons. The molecule has 4 aromatic heterocycles. The van der Waals surface area contributed by atoms with E-state index in [2.05, 4.69) is 37.1 Å². The minimum Gasteiger partial charge on any atom is -0.390 e. The minimum absolute atomic E-state index is 0.00861. The summed E-state index contributed by atoms with van der Waals surface area (Å²) in [5.74, 6) is 0.795. The summed E-state index contributed by atoms with van der Waals surface area (Å²) < 4.78 is 27.1. The summed E-state index contributed by atoms with van der Waals surface area (Å²) in [5.41, 5.74) is 6.16. The van der Waals surface area contributed by atoms with Gasteiger partial charge in [0, 0.05) is 42.2 Å². The zero-order chi connectivity index (χ0) is 44.0. The Morgan fingerprint density at radius 2 is 0.898 bits per heavy atom. The molecule has 0 fully saturated rings. The van der Waals surface area contributed by atoms with E-state index in [4.69, 9.17) is 28.8 Å². The highest BCUT2D eigenvalue weighted by atomic mass is 32.1. The van der Waals surface area contributed by atoms with Crippen molar-refractivity contribution in [1.29, 1.82) is 0 Å². The molecule has 0 saturated heterocycles. The van der Waals surface area contributed by atoms with E-state index in [9.17, 15) is 0 Å². The number of hydrogen-bond donors (Lipinski definition) is 1. The van der Waals surface area contributed by atoms with Crippen molar-refractivity contribution in [2.24, 2.45) is 0 Å². The van der Waals surface area contributed by atoms with Crippen LogP contribution in [-0.4, -0.2) is 60.5 Å². The van der Waals surface area contributed by atoms with Crippen LogP contribution in [0.1, 0.15) is 119 Å². The molecule has 5 rings (SSSR count). The Labute approximate surface area is 359 Å². The third kappa shape index (κ3) is 29.8. The van der Waals surface area contributed by atoms with Gasteiger partial charge in [-0.25, -0.2) is 15.0 Å². The van der Waals surface area contributed by atoms with E-state index in [1.165, 1.54) is 10.4 Å². The van der Waals surface area contributed by atoms with E-state index >= 15 is 0 Å². The fourth-order valence-electron chi connectivity index (χ4n) is 4.06. The largest absolute Gasteiger partial charge is 0.390 e. The summed E-state index contributed by atoms with van der Waals surface area (Å²) in [4.78, 5) is 21.7. The van der Waals surface area contributed by atoms with Crippen LogP contribution in [0.25, 0.3) is 0 Å². The highest BCUT2D eigenvalue weighted by Crippen LogP contribution is 2.13. The molecule has 11 nitrogen and oxygen atoms in total. The van der Waals surface area contributed by atoms with Crippen molar-refractivity contribution >= 4 is 11.3 Å². The molecular weight excluding hydrogens is 763 g/mol. The van der Waals surface area contributed by atoms with Gasteiger partial charge in [0.15, 0.2) is 0 Å². The summed E-state index contributed by atoms with van der Waals surface area (Å²) >= 11 is 1.69. The average molecular weight is 834 g/mol. The lowest BCUT2D eigenvalue weighted by Gasteiger charge is -2.06. The third-order valence-electron chi connectivity index (χ3n) is 7.26. The van der Waals surface area contributed by atoms with Crippen LogP contribution in [-0.2, 0) is 63.3 Å². The number of aliphatic hydroxyl groups excluding tert-OH is 1. The number of nitrogens with zero attached hydrogens (tertiary/aromatic N) is 5. The van der Waals surface area contributed by atoms with E-state index in [1.807, 2.05) is 139 Å². The highest BCUT2D eigenvalue weighted by molar-refractivity contribution is 7.11.